The van der Waals surface area contributed by atoms with Crippen LogP contribution in [0.3, 0.4) is 0 Å². The van der Waals surface area contributed by atoms with Crippen molar-refractivity contribution in [1.29, 1.82) is 0 Å². The average molecular weight is 337 g/mol. The van der Waals surface area contributed by atoms with Crippen molar-refractivity contribution < 1.29 is 5.11 Å². The van der Waals surface area contributed by atoms with Crippen LogP contribution in [0.4, 0.5) is 0 Å². The molecule has 1 aromatic heterocycles. The van der Waals surface area contributed by atoms with Crippen molar-refractivity contribution in [3.8, 4) is 0 Å². The average Bonchev–Trinajstić information content (AvgIpc) is 2.90. The highest BCUT2D eigenvalue weighted by Crippen LogP contribution is 2.17. The van der Waals surface area contributed by atoms with Gasteiger partial charge in [0.05, 0.1) is 13.2 Å². The Hall–Kier alpha value is -1.43. The van der Waals surface area contributed by atoms with Crippen LogP contribution in [0.25, 0.3) is 0 Å². The van der Waals surface area contributed by atoms with E-state index in [1.807, 2.05) is 28.9 Å². The topological polar surface area (TPSA) is 54.2 Å². The molecule has 0 aliphatic carbocycles. The number of aliphatic hydroxyl groups is 1. The van der Waals surface area contributed by atoms with E-state index in [9.17, 15) is 5.11 Å². The van der Waals surface area contributed by atoms with Crippen molar-refractivity contribution in [3.05, 3.63) is 46.5 Å². The zero-order valence-corrected chi connectivity index (χ0v) is 14.8. The molecular weight excluding hydrogens is 312 g/mol. The highest BCUT2D eigenvalue weighted by Gasteiger charge is 2.17. The summed E-state index contributed by atoms with van der Waals surface area (Å²) < 4.78 is 1.83. The second kappa shape index (κ2) is 8.43. The molecule has 2 rings (SSSR count). The van der Waals surface area contributed by atoms with E-state index in [-0.39, 0.29) is 12.5 Å². The number of nitrogens with zero attached hydrogens (tertiary/aromatic N) is 4. The van der Waals surface area contributed by atoms with Crippen molar-refractivity contribution in [1.82, 2.24) is 19.7 Å². The van der Waals surface area contributed by atoms with Crippen LogP contribution in [0.5, 0.6) is 0 Å². The van der Waals surface area contributed by atoms with Crippen LogP contribution >= 0.6 is 11.6 Å². The van der Waals surface area contributed by atoms with Gasteiger partial charge >= 0.3 is 0 Å². The predicted octanol–water partition coefficient (Wildman–Crippen LogP) is 2.57. The fourth-order valence-electron chi connectivity index (χ4n) is 2.61. The molecule has 5 nitrogen and oxygen atoms in total. The van der Waals surface area contributed by atoms with E-state index >= 15 is 0 Å². The molecule has 0 amide bonds. The lowest BCUT2D eigenvalue weighted by Gasteiger charge is -2.19. The Balaban J connectivity index is 2.20. The van der Waals surface area contributed by atoms with Crippen molar-refractivity contribution in [2.45, 2.75) is 32.7 Å². The molecule has 0 spiro atoms. The maximum absolute atomic E-state index is 9.27. The normalized spacial score (nSPS) is 12.8. The Morgan fingerprint density at radius 1 is 1.39 bits per heavy atom. The van der Waals surface area contributed by atoms with Gasteiger partial charge in [0.1, 0.15) is 5.82 Å². The maximum atomic E-state index is 9.27. The summed E-state index contributed by atoms with van der Waals surface area (Å²) in [5.41, 5.74) is 1.09. The fourth-order valence-corrected chi connectivity index (χ4v) is 2.82. The highest BCUT2D eigenvalue weighted by atomic mass is 35.5. The first-order valence-electron chi connectivity index (χ1n) is 8.01. The first-order chi connectivity index (χ1) is 11.0. The Kier molecular flexibility index (Phi) is 6.57. The van der Waals surface area contributed by atoms with Crippen LogP contribution in [0.15, 0.2) is 24.3 Å². The number of likely N-dealkylation sites (N-methyl/N-ethyl adjacent to an activating group) is 1. The SMILES string of the molecule is CCN(C)CC(C)c1nc(Cc2cccc(Cl)c2)nn1CCO. The second-order valence-electron chi connectivity index (χ2n) is 5.90. The molecule has 126 valence electrons. The van der Waals surface area contributed by atoms with Crippen molar-refractivity contribution in [3.63, 3.8) is 0 Å². The Bertz CT molecular complexity index is 629. The smallest absolute Gasteiger partial charge is 0.155 e. The van der Waals surface area contributed by atoms with Gasteiger partial charge in [0, 0.05) is 23.9 Å². The van der Waals surface area contributed by atoms with Gasteiger partial charge in [-0.2, -0.15) is 5.10 Å². The van der Waals surface area contributed by atoms with E-state index < -0.39 is 0 Å². The largest absolute Gasteiger partial charge is 0.394 e. The number of rotatable bonds is 8. The summed E-state index contributed by atoms with van der Waals surface area (Å²) in [6.07, 6.45) is 0.641. The standard InChI is InChI=1S/C17H25ClN4O/c1-4-21(3)12-13(2)17-19-16(20-22(17)8-9-23)11-14-6-5-7-15(18)10-14/h5-7,10,13,23H,4,8-9,11-12H2,1-3H3. The molecule has 0 aliphatic heterocycles. The molecule has 1 unspecified atom stereocenters. The minimum absolute atomic E-state index is 0.0588. The van der Waals surface area contributed by atoms with E-state index in [1.165, 1.54) is 0 Å². The summed E-state index contributed by atoms with van der Waals surface area (Å²) in [4.78, 5) is 6.96. The lowest BCUT2D eigenvalue weighted by molar-refractivity contribution is 0.262. The maximum Gasteiger partial charge on any atom is 0.155 e. The summed E-state index contributed by atoms with van der Waals surface area (Å²) in [6.45, 7) is 6.72. The molecule has 1 atom stereocenters. The minimum atomic E-state index is 0.0588. The van der Waals surface area contributed by atoms with Crippen LogP contribution < -0.4 is 0 Å². The van der Waals surface area contributed by atoms with E-state index in [1.54, 1.807) is 0 Å². The summed E-state index contributed by atoms with van der Waals surface area (Å²) in [7, 11) is 2.09. The van der Waals surface area contributed by atoms with Gasteiger partial charge in [0.15, 0.2) is 5.82 Å². The molecule has 0 fully saturated rings. The minimum Gasteiger partial charge on any atom is -0.394 e. The lowest BCUT2D eigenvalue weighted by Crippen LogP contribution is -2.25. The molecule has 0 bridgehead atoms. The van der Waals surface area contributed by atoms with Crippen LogP contribution in [-0.2, 0) is 13.0 Å². The predicted molar refractivity (Wildman–Crippen MR) is 93.0 cm³/mol. The molecule has 1 N–H and O–H groups in total. The summed E-state index contributed by atoms with van der Waals surface area (Å²) in [6, 6.07) is 7.74. The molecule has 2 aromatic rings. The van der Waals surface area contributed by atoms with Crippen molar-refractivity contribution in [2.75, 3.05) is 26.7 Å². The van der Waals surface area contributed by atoms with Crippen LogP contribution in [0.1, 0.15) is 37.0 Å². The third-order valence-electron chi connectivity index (χ3n) is 3.87. The first-order valence-corrected chi connectivity index (χ1v) is 8.38. The third kappa shape index (κ3) is 5.03. The molecule has 1 heterocycles. The van der Waals surface area contributed by atoms with E-state index in [0.29, 0.717) is 13.0 Å². The van der Waals surface area contributed by atoms with Gasteiger partial charge in [-0.15, -0.1) is 0 Å². The highest BCUT2D eigenvalue weighted by molar-refractivity contribution is 6.30. The van der Waals surface area contributed by atoms with Crippen molar-refractivity contribution >= 4 is 11.6 Å². The molecule has 23 heavy (non-hydrogen) atoms. The lowest BCUT2D eigenvalue weighted by atomic mass is 10.1. The van der Waals surface area contributed by atoms with Crippen molar-refractivity contribution in [2.24, 2.45) is 0 Å². The van der Waals surface area contributed by atoms with Gasteiger partial charge in [0.25, 0.3) is 0 Å². The zero-order valence-electron chi connectivity index (χ0n) is 14.0. The molecular formula is C17H25ClN4O. The third-order valence-corrected chi connectivity index (χ3v) is 4.11. The number of halogens is 1. The Labute approximate surface area is 142 Å². The van der Waals surface area contributed by atoms with Gasteiger partial charge in [-0.25, -0.2) is 9.67 Å². The van der Waals surface area contributed by atoms with Gasteiger partial charge in [-0.05, 0) is 31.3 Å². The Morgan fingerprint density at radius 3 is 2.83 bits per heavy atom. The summed E-state index contributed by atoms with van der Waals surface area (Å²) in [5.74, 6) is 1.95. The molecule has 0 radical (unpaired) electrons. The van der Waals surface area contributed by atoms with Gasteiger partial charge in [0.2, 0.25) is 0 Å². The van der Waals surface area contributed by atoms with Crippen LogP contribution in [-0.4, -0.2) is 51.5 Å². The number of aromatic nitrogens is 3. The van der Waals surface area contributed by atoms with Gasteiger partial charge < -0.3 is 10.0 Å². The molecule has 0 aliphatic rings. The number of benzene rings is 1. The van der Waals surface area contributed by atoms with E-state index in [2.05, 4.69) is 30.9 Å². The summed E-state index contributed by atoms with van der Waals surface area (Å²) in [5, 5.41) is 14.6. The second-order valence-corrected chi connectivity index (χ2v) is 6.33. The summed E-state index contributed by atoms with van der Waals surface area (Å²) >= 11 is 6.04. The monoisotopic (exact) mass is 336 g/mol. The number of aliphatic hydroxyl groups excluding tert-OH is 1. The van der Waals surface area contributed by atoms with E-state index in [4.69, 9.17) is 16.6 Å². The molecule has 6 heteroatoms. The first kappa shape index (κ1) is 17.9. The molecule has 1 aromatic carbocycles. The number of hydrogen-bond acceptors (Lipinski definition) is 4. The van der Waals surface area contributed by atoms with Gasteiger partial charge in [-0.3, -0.25) is 0 Å². The van der Waals surface area contributed by atoms with Gasteiger partial charge in [-0.1, -0.05) is 37.6 Å². The van der Waals surface area contributed by atoms with Crippen LogP contribution in [0, 0.1) is 0 Å². The fraction of sp³-hybridized carbons (Fsp3) is 0.529. The van der Waals surface area contributed by atoms with E-state index in [0.717, 1.165) is 35.3 Å². The number of hydrogen-bond donors (Lipinski definition) is 1. The molecule has 0 saturated heterocycles. The van der Waals surface area contributed by atoms with Crippen LogP contribution in [0.2, 0.25) is 5.02 Å². The Morgan fingerprint density at radius 2 is 2.17 bits per heavy atom. The zero-order chi connectivity index (χ0) is 16.8. The quantitative estimate of drug-likeness (QED) is 0.805. The molecule has 0 saturated carbocycles.